The van der Waals surface area contributed by atoms with Gasteiger partial charge < -0.3 is 14.5 Å². The minimum absolute atomic E-state index is 0.429. The lowest BCUT2D eigenvalue weighted by Gasteiger charge is -2.13. The maximum Gasteiger partial charge on any atom is 0.209 e. The SMILES string of the molecule is Cc1cc(Oc2c(C=NO)c3ccccc3n2C)cc(C(C)C)c1. The summed E-state index contributed by atoms with van der Waals surface area (Å²) in [5, 5.41) is 13.3. The zero-order valence-electron chi connectivity index (χ0n) is 14.4. The van der Waals surface area contributed by atoms with E-state index >= 15 is 0 Å². The molecular formula is C20H22N2O2. The van der Waals surface area contributed by atoms with Crippen molar-refractivity contribution in [3.05, 3.63) is 59.2 Å². The van der Waals surface area contributed by atoms with Crippen LogP contribution in [0, 0.1) is 6.92 Å². The molecule has 0 amide bonds. The molecule has 0 atom stereocenters. The molecule has 3 rings (SSSR count). The number of para-hydroxylation sites is 1. The fourth-order valence-electron chi connectivity index (χ4n) is 2.99. The highest BCUT2D eigenvalue weighted by molar-refractivity contribution is 6.02. The fourth-order valence-corrected chi connectivity index (χ4v) is 2.99. The lowest BCUT2D eigenvalue weighted by atomic mass is 10.0. The van der Waals surface area contributed by atoms with Crippen molar-refractivity contribution in [1.82, 2.24) is 4.57 Å². The van der Waals surface area contributed by atoms with Gasteiger partial charge in [0.15, 0.2) is 0 Å². The molecule has 0 unspecified atom stereocenters. The monoisotopic (exact) mass is 322 g/mol. The number of aromatic nitrogens is 1. The number of rotatable bonds is 4. The second kappa shape index (κ2) is 6.40. The van der Waals surface area contributed by atoms with Crippen molar-refractivity contribution < 1.29 is 9.94 Å². The van der Waals surface area contributed by atoms with Gasteiger partial charge in [-0.05, 0) is 42.2 Å². The summed E-state index contributed by atoms with van der Waals surface area (Å²) in [5.74, 6) is 1.88. The topological polar surface area (TPSA) is 46.8 Å². The van der Waals surface area contributed by atoms with E-state index in [0.717, 1.165) is 27.8 Å². The Morgan fingerprint density at radius 3 is 2.62 bits per heavy atom. The van der Waals surface area contributed by atoms with Crippen LogP contribution < -0.4 is 4.74 Å². The molecule has 0 fully saturated rings. The molecule has 1 N–H and O–H groups in total. The molecular weight excluding hydrogens is 300 g/mol. The van der Waals surface area contributed by atoms with E-state index in [1.807, 2.05) is 41.9 Å². The van der Waals surface area contributed by atoms with Gasteiger partial charge in [0.2, 0.25) is 5.88 Å². The summed E-state index contributed by atoms with van der Waals surface area (Å²) in [6, 6.07) is 14.2. The molecule has 0 saturated carbocycles. The Kier molecular flexibility index (Phi) is 4.30. The number of oxime groups is 1. The Hall–Kier alpha value is -2.75. The number of hydrogen-bond acceptors (Lipinski definition) is 3. The van der Waals surface area contributed by atoms with Crippen LogP contribution in [0.5, 0.6) is 11.6 Å². The first-order chi connectivity index (χ1) is 11.5. The van der Waals surface area contributed by atoms with Crippen LogP contribution in [0.25, 0.3) is 10.9 Å². The highest BCUT2D eigenvalue weighted by Gasteiger charge is 2.16. The third-order valence-corrected chi connectivity index (χ3v) is 4.23. The van der Waals surface area contributed by atoms with Crippen LogP contribution in [-0.2, 0) is 7.05 Å². The van der Waals surface area contributed by atoms with Crippen LogP contribution in [0.3, 0.4) is 0 Å². The first kappa shape index (κ1) is 16.1. The van der Waals surface area contributed by atoms with Crippen LogP contribution in [0.4, 0.5) is 0 Å². The number of ether oxygens (including phenoxy) is 1. The molecule has 0 radical (unpaired) electrons. The summed E-state index contributed by atoms with van der Waals surface area (Å²) < 4.78 is 8.19. The minimum atomic E-state index is 0.429. The number of fused-ring (bicyclic) bond motifs is 1. The van der Waals surface area contributed by atoms with Crippen molar-refractivity contribution in [3.63, 3.8) is 0 Å². The second-order valence-corrected chi connectivity index (χ2v) is 6.38. The van der Waals surface area contributed by atoms with E-state index in [1.54, 1.807) is 0 Å². The molecule has 2 aromatic carbocycles. The highest BCUT2D eigenvalue weighted by Crippen LogP contribution is 2.34. The molecule has 0 bridgehead atoms. The number of nitrogens with zero attached hydrogens (tertiary/aromatic N) is 2. The van der Waals surface area contributed by atoms with Gasteiger partial charge in [0.25, 0.3) is 0 Å². The highest BCUT2D eigenvalue weighted by atomic mass is 16.5. The Labute approximate surface area is 142 Å². The van der Waals surface area contributed by atoms with Crippen molar-refractivity contribution >= 4 is 17.1 Å². The van der Waals surface area contributed by atoms with Gasteiger partial charge in [-0.3, -0.25) is 0 Å². The van der Waals surface area contributed by atoms with Gasteiger partial charge in [-0.25, -0.2) is 0 Å². The maximum atomic E-state index is 9.04. The van der Waals surface area contributed by atoms with Gasteiger partial charge in [-0.2, -0.15) is 0 Å². The van der Waals surface area contributed by atoms with E-state index in [1.165, 1.54) is 11.8 Å². The molecule has 3 aromatic rings. The zero-order valence-corrected chi connectivity index (χ0v) is 14.4. The summed E-state index contributed by atoms with van der Waals surface area (Å²) >= 11 is 0. The minimum Gasteiger partial charge on any atom is -0.440 e. The van der Waals surface area contributed by atoms with Gasteiger partial charge >= 0.3 is 0 Å². The molecule has 0 aliphatic carbocycles. The molecule has 0 aliphatic rings. The van der Waals surface area contributed by atoms with Gasteiger partial charge in [0.1, 0.15) is 5.75 Å². The molecule has 1 heterocycles. The second-order valence-electron chi connectivity index (χ2n) is 6.38. The summed E-state index contributed by atoms with van der Waals surface area (Å²) in [5.41, 5.74) is 4.19. The summed E-state index contributed by atoms with van der Waals surface area (Å²) in [7, 11) is 1.95. The van der Waals surface area contributed by atoms with Crippen LogP contribution in [0.2, 0.25) is 0 Å². The first-order valence-electron chi connectivity index (χ1n) is 8.05. The molecule has 24 heavy (non-hydrogen) atoms. The molecule has 0 saturated heterocycles. The molecule has 1 aromatic heterocycles. The molecule has 0 aliphatic heterocycles. The normalized spacial score (nSPS) is 11.7. The van der Waals surface area contributed by atoms with Gasteiger partial charge in [0.05, 0.1) is 17.3 Å². The van der Waals surface area contributed by atoms with Crippen LogP contribution in [-0.4, -0.2) is 16.0 Å². The van der Waals surface area contributed by atoms with Crippen LogP contribution in [0.15, 0.2) is 47.6 Å². The fraction of sp³-hybridized carbons (Fsp3) is 0.250. The Balaban J connectivity index is 2.14. The predicted octanol–water partition coefficient (Wildman–Crippen LogP) is 5.21. The van der Waals surface area contributed by atoms with E-state index in [0.29, 0.717) is 11.8 Å². The van der Waals surface area contributed by atoms with E-state index in [-0.39, 0.29) is 0 Å². The lowest BCUT2D eigenvalue weighted by molar-refractivity contribution is 0.321. The standard InChI is InChI=1S/C20H22N2O2/c1-13(2)15-9-14(3)10-16(11-15)24-20-18(12-21-23)17-7-5-6-8-19(17)22(20)4/h5-13,23H,1-4H3. The van der Waals surface area contributed by atoms with Crippen molar-refractivity contribution in [2.45, 2.75) is 26.7 Å². The smallest absolute Gasteiger partial charge is 0.209 e. The lowest BCUT2D eigenvalue weighted by Crippen LogP contribution is -1.97. The summed E-state index contributed by atoms with van der Waals surface area (Å²) in [6.07, 6.45) is 1.43. The zero-order chi connectivity index (χ0) is 17.3. The molecule has 0 spiro atoms. The Bertz CT molecular complexity index is 907. The van der Waals surface area contributed by atoms with Crippen molar-refractivity contribution in [2.75, 3.05) is 0 Å². The average Bonchev–Trinajstić information content (AvgIpc) is 2.81. The molecule has 124 valence electrons. The number of benzene rings is 2. The van der Waals surface area contributed by atoms with E-state index in [4.69, 9.17) is 9.94 Å². The number of aryl methyl sites for hydroxylation is 2. The maximum absolute atomic E-state index is 9.04. The Morgan fingerprint density at radius 2 is 1.92 bits per heavy atom. The van der Waals surface area contributed by atoms with Gasteiger partial charge in [-0.15, -0.1) is 0 Å². The predicted molar refractivity (Wildman–Crippen MR) is 97.6 cm³/mol. The first-order valence-corrected chi connectivity index (χ1v) is 8.05. The van der Waals surface area contributed by atoms with Crippen molar-refractivity contribution in [3.8, 4) is 11.6 Å². The quantitative estimate of drug-likeness (QED) is 0.407. The average molecular weight is 322 g/mol. The Morgan fingerprint density at radius 1 is 1.17 bits per heavy atom. The van der Waals surface area contributed by atoms with Crippen molar-refractivity contribution in [2.24, 2.45) is 12.2 Å². The van der Waals surface area contributed by atoms with Crippen LogP contribution in [0.1, 0.15) is 36.5 Å². The largest absolute Gasteiger partial charge is 0.440 e. The summed E-state index contributed by atoms with van der Waals surface area (Å²) in [4.78, 5) is 0. The van der Waals surface area contributed by atoms with E-state index in [9.17, 15) is 0 Å². The third-order valence-electron chi connectivity index (χ3n) is 4.23. The molecule has 4 nitrogen and oxygen atoms in total. The van der Waals surface area contributed by atoms with Crippen LogP contribution >= 0.6 is 0 Å². The van der Waals surface area contributed by atoms with Gasteiger partial charge in [0, 0.05) is 12.4 Å². The van der Waals surface area contributed by atoms with E-state index in [2.05, 4.69) is 38.1 Å². The number of hydrogen-bond donors (Lipinski definition) is 1. The molecule has 4 heteroatoms. The van der Waals surface area contributed by atoms with E-state index < -0.39 is 0 Å². The summed E-state index contributed by atoms with van der Waals surface area (Å²) in [6.45, 7) is 6.40. The van der Waals surface area contributed by atoms with Gasteiger partial charge in [-0.1, -0.05) is 43.3 Å². The third kappa shape index (κ3) is 2.87. The van der Waals surface area contributed by atoms with Crippen molar-refractivity contribution in [1.29, 1.82) is 0 Å².